The van der Waals surface area contributed by atoms with Crippen molar-refractivity contribution in [2.24, 2.45) is 5.92 Å². The van der Waals surface area contributed by atoms with E-state index in [0.717, 1.165) is 96.3 Å². The van der Waals surface area contributed by atoms with E-state index < -0.39 is 97.5 Å². The van der Waals surface area contributed by atoms with Crippen LogP contribution in [0, 0.1) is 5.92 Å². The summed E-state index contributed by atoms with van der Waals surface area (Å²) < 4.78 is 67.9. The summed E-state index contributed by atoms with van der Waals surface area (Å²) in [7, 11) is -9.88. The monoisotopic (exact) mass is 1210 g/mol. The highest BCUT2D eigenvalue weighted by Crippen LogP contribution is 2.45. The van der Waals surface area contributed by atoms with Crippen molar-refractivity contribution in [1.82, 2.24) is 0 Å². The molecule has 0 bridgehead atoms. The maximum atomic E-state index is 13.0. The van der Waals surface area contributed by atoms with E-state index in [0.29, 0.717) is 31.6 Å². The molecule has 3 N–H and O–H groups in total. The van der Waals surface area contributed by atoms with Crippen LogP contribution in [0.15, 0.2) is 0 Å². The van der Waals surface area contributed by atoms with Gasteiger partial charge in [-0.25, -0.2) is 9.13 Å². The summed E-state index contributed by atoms with van der Waals surface area (Å²) in [6.07, 6.45) is 40.3. The Bertz CT molecular complexity index is 1600. The summed E-state index contributed by atoms with van der Waals surface area (Å²) in [4.78, 5) is 72.1. The molecule has 486 valence electrons. The molecule has 19 heteroatoms. The Labute approximate surface area is 498 Å². The fourth-order valence-corrected chi connectivity index (χ4v) is 11.0. The lowest BCUT2D eigenvalue weighted by molar-refractivity contribution is -0.161. The Morgan fingerprint density at radius 2 is 0.561 bits per heavy atom. The maximum Gasteiger partial charge on any atom is 0.472 e. The molecule has 0 amide bonds. The van der Waals surface area contributed by atoms with E-state index in [1.807, 2.05) is 0 Å². The molecule has 0 saturated carbocycles. The molecular formula is C63H122O17P2. The minimum absolute atomic E-state index is 0.103. The summed E-state index contributed by atoms with van der Waals surface area (Å²) in [5.41, 5.74) is 0. The number of ether oxygens (including phenoxy) is 4. The number of hydrogen-bond donors (Lipinski definition) is 3. The SMILES string of the molecule is CCCCCCCCCCCCCCC(=O)OC[C@H](COP(=O)(O)OC[C@@H](O)COP(=O)(O)OC[C@@H](COC(=O)CCCCCCCCCC)OC(=O)CCCCCCCCCC(C)C)OC(=O)CCCCCCCCCCCCCC. The Morgan fingerprint density at radius 3 is 0.829 bits per heavy atom. The molecule has 82 heavy (non-hydrogen) atoms. The van der Waals surface area contributed by atoms with Crippen LogP contribution in [0.2, 0.25) is 0 Å². The minimum Gasteiger partial charge on any atom is -0.462 e. The molecule has 0 aromatic rings. The molecule has 0 heterocycles. The zero-order chi connectivity index (χ0) is 60.6. The smallest absolute Gasteiger partial charge is 0.462 e. The first-order valence-electron chi connectivity index (χ1n) is 33.1. The molecule has 0 aliphatic heterocycles. The van der Waals surface area contributed by atoms with E-state index in [4.69, 9.17) is 37.0 Å². The molecule has 0 aromatic heterocycles. The van der Waals surface area contributed by atoms with Crippen molar-refractivity contribution in [2.45, 2.75) is 335 Å². The van der Waals surface area contributed by atoms with Gasteiger partial charge in [-0.2, -0.15) is 0 Å². The number of rotatable bonds is 63. The quantitative estimate of drug-likeness (QED) is 0.0222. The number of unbranched alkanes of at least 4 members (excludes halogenated alkanes) is 35. The third-order valence-corrected chi connectivity index (χ3v) is 16.4. The molecule has 0 aliphatic rings. The second-order valence-corrected chi connectivity index (χ2v) is 26.2. The normalized spacial score (nSPS) is 14.3. The minimum atomic E-state index is -4.94. The summed E-state index contributed by atoms with van der Waals surface area (Å²) in [6, 6.07) is 0. The lowest BCUT2D eigenvalue weighted by Crippen LogP contribution is -2.30. The first-order chi connectivity index (χ1) is 39.5. The van der Waals surface area contributed by atoms with Crippen molar-refractivity contribution in [3.05, 3.63) is 0 Å². The molecule has 0 fully saturated rings. The van der Waals surface area contributed by atoms with Crippen LogP contribution < -0.4 is 0 Å². The van der Waals surface area contributed by atoms with Crippen LogP contribution in [0.3, 0.4) is 0 Å². The van der Waals surface area contributed by atoms with Gasteiger partial charge in [-0.05, 0) is 31.6 Å². The topological polar surface area (TPSA) is 237 Å². The van der Waals surface area contributed by atoms with Crippen LogP contribution in [0.4, 0.5) is 0 Å². The largest absolute Gasteiger partial charge is 0.472 e. The number of hydrogen-bond acceptors (Lipinski definition) is 15. The van der Waals surface area contributed by atoms with Gasteiger partial charge in [0.1, 0.15) is 19.3 Å². The molecular weight excluding hydrogens is 1090 g/mol. The highest BCUT2D eigenvalue weighted by atomic mass is 31.2. The van der Waals surface area contributed by atoms with Gasteiger partial charge in [0.2, 0.25) is 0 Å². The van der Waals surface area contributed by atoms with Crippen LogP contribution in [0.5, 0.6) is 0 Å². The molecule has 5 atom stereocenters. The van der Waals surface area contributed by atoms with Crippen LogP contribution in [0.25, 0.3) is 0 Å². The van der Waals surface area contributed by atoms with E-state index in [1.165, 1.54) is 135 Å². The molecule has 17 nitrogen and oxygen atoms in total. The zero-order valence-electron chi connectivity index (χ0n) is 52.6. The van der Waals surface area contributed by atoms with Gasteiger partial charge in [-0.15, -0.1) is 0 Å². The average molecular weight is 1210 g/mol. The Kier molecular flexibility index (Phi) is 55.5. The molecule has 0 spiro atoms. The number of esters is 4. The standard InChI is InChI=1S/C63H122O17P2/c1-6-9-12-15-18-21-23-25-27-32-37-42-47-61(66)74-53-58(79-62(67)48-43-38-33-28-26-24-22-19-16-13-10-7-2)54-77-81(69,70)75-50-57(64)51-76-82(71,72)78-55-59(52-73-60(65)46-41-36-31-20-17-14-11-8-3)80-63(68)49-44-39-34-29-30-35-40-45-56(4)5/h56-59,64H,6-55H2,1-5H3,(H,69,70)(H,71,72)/t57-,58-,59-/m1/s1. The van der Waals surface area contributed by atoms with Crippen molar-refractivity contribution in [3.8, 4) is 0 Å². The van der Waals surface area contributed by atoms with Gasteiger partial charge in [-0.1, -0.05) is 266 Å². The van der Waals surface area contributed by atoms with Crippen molar-refractivity contribution in [3.63, 3.8) is 0 Å². The number of carbonyl (C=O) groups is 4. The van der Waals surface area contributed by atoms with Crippen molar-refractivity contribution in [1.29, 1.82) is 0 Å². The van der Waals surface area contributed by atoms with Crippen LogP contribution in [0.1, 0.15) is 317 Å². The summed E-state index contributed by atoms with van der Waals surface area (Å²) >= 11 is 0. The molecule has 2 unspecified atom stereocenters. The van der Waals surface area contributed by atoms with Gasteiger partial charge in [0.15, 0.2) is 12.2 Å². The van der Waals surface area contributed by atoms with E-state index in [-0.39, 0.29) is 25.7 Å². The maximum absolute atomic E-state index is 13.0. The summed E-state index contributed by atoms with van der Waals surface area (Å²) in [5, 5.41) is 10.5. The second-order valence-electron chi connectivity index (χ2n) is 23.3. The lowest BCUT2D eigenvalue weighted by Gasteiger charge is -2.21. The predicted molar refractivity (Wildman–Crippen MR) is 326 cm³/mol. The third-order valence-electron chi connectivity index (χ3n) is 14.5. The number of phosphoric ester groups is 2. The van der Waals surface area contributed by atoms with E-state index >= 15 is 0 Å². The predicted octanol–water partition coefficient (Wildman–Crippen LogP) is 17.4. The van der Waals surface area contributed by atoms with Gasteiger partial charge < -0.3 is 33.8 Å². The van der Waals surface area contributed by atoms with Gasteiger partial charge in [0.25, 0.3) is 0 Å². The number of carbonyl (C=O) groups excluding carboxylic acids is 4. The van der Waals surface area contributed by atoms with E-state index in [9.17, 15) is 43.2 Å². The van der Waals surface area contributed by atoms with Gasteiger partial charge in [-0.3, -0.25) is 37.3 Å². The molecule has 0 saturated heterocycles. The van der Waals surface area contributed by atoms with Crippen LogP contribution >= 0.6 is 15.6 Å². The Balaban J connectivity index is 5.23. The van der Waals surface area contributed by atoms with Gasteiger partial charge in [0, 0.05) is 25.7 Å². The Morgan fingerprint density at radius 1 is 0.329 bits per heavy atom. The first-order valence-corrected chi connectivity index (χ1v) is 36.1. The molecule has 0 aliphatic carbocycles. The van der Waals surface area contributed by atoms with Gasteiger partial charge >= 0.3 is 39.5 Å². The third kappa shape index (κ3) is 57.2. The van der Waals surface area contributed by atoms with Crippen molar-refractivity contribution in [2.75, 3.05) is 39.6 Å². The highest BCUT2D eigenvalue weighted by molar-refractivity contribution is 7.47. The van der Waals surface area contributed by atoms with Crippen molar-refractivity contribution < 1.29 is 80.2 Å². The zero-order valence-corrected chi connectivity index (χ0v) is 54.4. The van der Waals surface area contributed by atoms with Gasteiger partial charge in [0.05, 0.1) is 26.4 Å². The van der Waals surface area contributed by atoms with E-state index in [1.54, 1.807) is 0 Å². The van der Waals surface area contributed by atoms with Crippen molar-refractivity contribution >= 4 is 39.5 Å². The number of aliphatic hydroxyl groups is 1. The molecule has 0 aromatic carbocycles. The Hall–Kier alpha value is -1.94. The fraction of sp³-hybridized carbons (Fsp3) is 0.937. The van der Waals surface area contributed by atoms with Crippen LogP contribution in [-0.4, -0.2) is 96.7 Å². The highest BCUT2D eigenvalue weighted by Gasteiger charge is 2.30. The number of phosphoric acid groups is 2. The fourth-order valence-electron chi connectivity index (χ4n) is 9.41. The summed E-state index contributed by atoms with van der Waals surface area (Å²) in [6.45, 7) is 7.10. The molecule has 0 rings (SSSR count). The van der Waals surface area contributed by atoms with Crippen LogP contribution in [-0.2, 0) is 65.4 Å². The second kappa shape index (κ2) is 56.8. The van der Waals surface area contributed by atoms with E-state index in [2.05, 4.69) is 34.6 Å². The lowest BCUT2D eigenvalue weighted by atomic mass is 10.0. The number of aliphatic hydroxyl groups excluding tert-OH is 1. The first kappa shape index (κ1) is 80.1. The molecule has 0 radical (unpaired) electrons. The average Bonchev–Trinajstić information content (AvgIpc) is 3.44. The summed E-state index contributed by atoms with van der Waals surface area (Å²) in [5.74, 6) is -1.44.